The highest BCUT2D eigenvalue weighted by molar-refractivity contribution is 7.99. The summed E-state index contributed by atoms with van der Waals surface area (Å²) in [5, 5.41) is 8.13. The molecule has 0 aliphatic carbocycles. The highest BCUT2D eigenvalue weighted by atomic mass is 32.2. The van der Waals surface area contributed by atoms with Gasteiger partial charge in [-0.1, -0.05) is 11.8 Å². The molecule has 3 rings (SSSR count). The number of nitrogens with one attached hydrogen (secondary N) is 1. The average molecular weight is 261 g/mol. The summed E-state index contributed by atoms with van der Waals surface area (Å²) in [6.45, 7) is 0. The van der Waals surface area contributed by atoms with Crippen molar-refractivity contribution in [1.82, 2.24) is 20.2 Å². The van der Waals surface area contributed by atoms with Crippen molar-refractivity contribution in [3.05, 3.63) is 36.3 Å². The summed E-state index contributed by atoms with van der Waals surface area (Å²) in [7, 11) is 0. The molecule has 0 saturated carbocycles. The van der Waals surface area contributed by atoms with E-state index in [1.807, 2.05) is 0 Å². The number of fused-ring (bicyclic) bond motifs is 1. The van der Waals surface area contributed by atoms with Gasteiger partial charge in [-0.2, -0.15) is 10.1 Å². The lowest BCUT2D eigenvalue weighted by Gasteiger charge is -2.02. The van der Waals surface area contributed by atoms with E-state index in [1.165, 1.54) is 23.9 Å². The molecule has 0 atom stereocenters. The summed E-state index contributed by atoms with van der Waals surface area (Å²) in [4.78, 5) is 9.07. The summed E-state index contributed by atoms with van der Waals surface area (Å²) in [5.41, 5.74) is 6.21. The van der Waals surface area contributed by atoms with Gasteiger partial charge in [0, 0.05) is 4.90 Å². The fourth-order valence-electron chi connectivity index (χ4n) is 1.52. The second-order valence-electron chi connectivity index (χ2n) is 3.58. The van der Waals surface area contributed by atoms with Gasteiger partial charge in [-0.05, 0) is 24.3 Å². The van der Waals surface area contributed by atoms with Gasteiger partial charge in [0.25, 0.3) is 0 Å². The zero-order valence-corrected chi connectivity index (χ0v) is 9.91. The van der Waals surface area contributed by atoms with Crippen molar-refractivity contribution in [2.45, 2.75) is 9.92 Å². The number of hydrogen-bond acceptors (Lipinski definition) is 5. The summed E-state index contributed by atoms with van der Waals surface area (Å²) in [6, 6.07) is 6.17. The van der Waals surface area contributed by atoms with E-state index in [0.29, 0.717) is 10.7 Å². The largest absolute Gasteiger partial charge is 0.368 e. The zero-order valence-electron chi connectivity index (χ0n) is 9.09. The van der Waals surface area contributed by atoms with E-state index in [1.54, 1.807) is 18.3 Å². The van der Waals surface area contributed by atoms with Crippen LogP contribution in [0.1, 0.15) is 0 Å². The monoisotopic (exact) mass is 261 g/mol. The third kappa shape index (κ3) is 2.00. The summed E-state index contributed by atoms with van der Waals surface area (Å²) in [6.07, 6.45) is 1.64. The Labute approximate surface area is 106 Å². The Morgan fingerprint density at radius 2 is 1.94 bits per heavy atom. The van der Waals surface area contributed by atoms with Crippen LogP contribution < -0.4 is 5.73 Å². The maximum Gasteiger partial charge on any atom is 0.223 e. The Morgan fingerprint density at radius 3 is 2.72 bits per heavy atom. The van der Waals surface area contributed by atoms with Crippen molar-refractivity contribution < 1.29 is 4.39 Å². The molecule has 90 valence electrons. The number of hydrogen-bond donors (Lipinski definition) is 2. The Kier molecular flexibility index (Phi) is 2.60. The first-order valence-corrected chi connectivity index (χ1v) is 5.94. The Morgan fingerprint density at radius 1 is 1.17 bits per heavy atom. The van der Waals surface area contributed by atoms with Gasteiger partial charge in [0.1, 0.15) is 10.8 Å². The molecule has 0 unspecified atom stereocenters. The number of H-pyrrole nitrogens is 1. The molecular weight excluding hydrogens is 253 g/mol. The van der Waals surface area contributed by atoms with Crippen molar-refractivity contribution in [2.75, 3.05) is 5.73 Å². The number of halogens is 1. The molecule has 0 aliphatic heterocycles. The number of nitrogen functional groups attached to an aromatic ring is 1. The number of aromatic amines is 1. The number of rotatable bonds is 2. The standard InChI is InChI=1S/C11H8FN5S/c12-6-1-3-7(4-2-6)18-10-8-5-14-17-9(8)15-11(13)16-10/h1-5H,(H3,13,14,15,16,17). The smallest absolute Gasteiger partial charge is 0.223 e. The summed E-state index contributed by atoms with van der Waals surface area (Å²) >= 11 is 1.39. The van der Waals surface area contributed by atoms with Crippen molar-refractivity contribution in [1.29, 1.82) is 0 Å². The minimum Gasteiger partial charge on any atom is -0.368 e. The van der Waals surface area contributed by atoms with E-state index in [2.05, 4.69) is 20.2 Å². The minimum atomic E-state index is -0.269. The van der Waals surface area contributed by atoms with E-state index in [0.717, 1.165) is 10.3 Å². The molecule has 7 heteroatoms. The maximum absolute atomic E-state index is 12.8. The van der Waals surface area contributed by atoms with E-state index in [9.17, 15) is 4.39 Å². The lowest BCUT2D eigenvalue weighted by atomic mass is 10.4. The molecule has 0 saturated heterocycles. The number of benzene rings is 1. The van der Waals surface area contributed by atoms with E-state index in [-0.39, 0.29) is 11.8 Å². The van der Waals surface area contributed by atoms with Gasteiger partial charge >= 0.3 is 0 Å². The normalized spacial score (nSPS) is 10.9. The molecule has 3 aromatic rings. The summed E-state index contributed by atoms with van der Waals surface area (Å²) in [5.74, 6) is -0.0913. The predicted molar refractivity (Wildman–Crippen MR) is 66.6 cm³/mol. The van der Waals surface area contributed by atoms with Crippen molar-refractivity contribution in [3.8, 4) is 0 Å². The molecule has 0 bridgehead atoms. The Bertz CT molecular complexity index is 694. The van der Waals surface area contributed by atoms with Crippen LogP contribution in [0, 0.1) is 5.82 Å². The van der Waals surface area contributed by atoms with E-state index in [4.69, 9.17) is 5.73 Å². The topological polar surface area (TPSA) is 80.5 Å². The number of anilines is 1. The van der Waals surface area contributed by atoms with Crippen LogP contribution in [-0.2, 0) is 0 Å². The van der Waals surface area contributed by atoms with Gasteiger partial charge in [0.15, 0.2) is 5.65 Å². The second-order valence-corrected chi connectivity index (χ2v) is 4.64. The second kappa shape index (κ2) is 4.26. The quantitative estimate of drug-likeness (QED) is 0.691. The Hall–Kier alpha value is -2.15. The van der Waals surface area contributed by atoms with Crippen LogP contribution in [0.15, 0.2) is 40.4 Å². The first-order valence-electron chi connectivity index (χ1n) is 5.12. The highest BCUT2D eigenvalue weighted by Gasteiger charge is 2.09. The first kappa shape index (κ1) is 11.0. The molecule has 0 aliphatic rings. The van der Waals surface area contributed by atoms with E-state index < -0.39 is 0 Å². The van der Waals surface area contributed by atoms with Crippen molar-refractivity contribution in [2.24, 2.45) is 0 Å². The molecule has 3 N–H and O–H groups in total. The van der Waals surface area contributed by atoms with Gasteiger partial charge in [-0.25, -0.2) is 9.37 Å². The van der Waals surface area contributed by atoms with Crippen LogP contribution in [0.3, 0.4) is 0 Å². The van der Waals surface area contributed by atoms with Gasteiger partial charge < -0.3 is 5.73 Å². The molecule has 0 amide bonds. The minimum absolute atomic E-state index is 0.177. The van der Waals surface area contributed by atoms with Crippen molar-refractivity contribution >= 4 is 28.7 Å². The molecule has 0 radical (unpaired) electrons. The molecule has 18 heavy (non-hydrogen) atoms. The first-order chi connectivity index (χ1) is 8.72. The van der Waals surface area contributed by atoms with Gasteiger partial charge in [-0.15, -0.1) is 0 Å². The molecule has 0 spiro atoms. The summed E-state index contributed by atoms with van der Waals surface area (Å²) < 4.78 is 12.8. The van der Waals surface area contributed by atoms with Crippen LogP contribution >= 0.6 is 11.8 Å². The predicted octanol–water partition coefficient (Wildman–Crippen LogP) is 2.23. The average Bonchev–Trinajstić information content (AvgIpc) is 2.80. The fourth-order valence-corrected chi connectivity index (χ4v) is 2.41. The third-order valence-corrected chi connectivity index (χ3v) is 3.33. The highest BCUT2D eigenvalue weighted by Crippen LogP contribution is 2.31. The number of nitrogens with zero attached hydrogens (tertiary/aromatic N) is 3. The Balaban J connectivity index is 2.03. The van der Waals surface area contributed by atoms with Gasteiger partial charge in [0.05, 0.1) is 11.6 Å². The van der Waals surface area contributed by atoms with Crippen LogP contribution in [0.25, 0.3) is 11.0 Å². The van der Waals surface area contributed by atoms with Crippen LogP contribution in [-0.4, -0.2) is 20.2 Å². The molecular formula is C11H8FN5S. The zero-order chi connectivity index (χ0) is 12.5. The third-order valence-electron chi connectivity index (χ3n) is 2.32. The van der Waals surface area contributed by atoms with Crippen LogP contribution in [0.4, 0.5) is 10.3 Å². The molecule has 2 heterocycles. The molecule has 0 fully saturated rings. The van der Waals surface area contributed by atoms with Crippen molar-refractivity contribution in [3.63, 3.8) is 0 Å². The molecule has 5 nitrogen and oxygen atoms in total. The molecule has 1 aromatic carbocycles. The van der Waals surface area contributed by atoms with Crippen LogP contribution in [0.5, 0.6) is 0 Å². The number of aromatic nitrogens is 4. The SMILES string of the molecule is Nc1nc(Sc2ccc(F)cc2)c2cn[nH]c2n1. The maximum atomic E-state index is 12.8. The lowest BCUT2D eigenvalue weighted by Crippen LogP contribution is -1.96. The molecule has 2 aromatic heterocycles. The van der Waals surface area contributed by atoms with Gasteiger partial charge in [0.2, 0.25) is 5.95 Å². The van der Waals surface area contributed by atoms with Gasteiger partial charge in [-0.3, -0.25) is 5.10 Å². The fraction of sp³-hybridized carbons (Fsp3) is 0. The number of nitrogens with two attached hydrogens (primary N) is 1. The van der Waals surface area contributed by atoms with Crippen LogP contribution in [0.2, 0.25) is 0 Å². The van der Waals surface area contributed by atoms with E-state index >= 15 is 0 Å². The lowest BCUT2D eigenvalue weighted by molar-refractivity contribution is 0.626.